The number of thiophene rings is 1. The second-order valence-electron chi connectivity index (χ2n) is 4.41. The fourth-order valence-corrected chi connectivity index (χ4v) is 3.12. The lowest BCUT2D eigenvalue weighted by molar-refractivity contribution is 0.0366. The molecule has 4 heteroatoms. The first-order valence-electron chi connectivity index (χ1n) is 5.66. The zero-order valence-electron chi connectivity index (χ0n) is 9.30. The van der Waals surface area contributed by atoms with Gasteiger partial charge in [0.1, 0.15) is 0 Å². The number of aliphatic hydroxyl groups is 1. The average Bonchev–Trinajstić information content (AvgIpc) is 2.71. The van der Waals surface area contributed by atoms with Gasteiger partial charge in [0.2, 0.25) is 0 Å². The lowest BCUT2D eigenvalue weighted by Gasteiger charge is -2.37. The molecule has 0 spiro atoms. The summed E-state index contributed by atoms with van der Waals surface area (Å²) in [5, 5.41) is 10.1. The number of hydrogen-bond acceptors (Lipinski definition) is 3. The minimum absolute atomic E-state index is 0.0934. The number of benzene rings is 1. The molecule has 1 amide bonds. The summed E-state index contributed by atoms with van der Waals surface area (Å²) in [5.74, 6) is 0.365. The van der Waals surface area contributed by atoms with Crippen molar-refractivity contribution >= 4 is 27.3 Å². The van der Waals surface area contributed by atoms with Crippen LogP contribution in [0.3, 0.4) is 0 Å². The predicted octanol–water partition coefficient (Wildman–Crippen LogP) is 1.97. The summed E-state index contributed by atoms with van der Waals surface area (Å²) < 4.78 is 1.15. The summed E-state index contributed by atoms with van der Waals surface area (Å²) in [6.07, 6.45) is 0. The molecule has 2 aromatic rings. The Morgan fingerprint density at radius 2 is 2.18 bits per heavy atom. The van der Waals surface area contributed by atoms with Crippen molar-refractivity contribution in [2.75, 3.05) is 19.7 Å². The number of hydrogen-bond donors (Lipinski definition) is 1. The van der Waals surface area contributed by atoms with Gasteiger partial charge in [-0.05, 0) is 17.5 Å². The Labute approximate surface area is 103 Å². The Hall–Kier alpha value is -1.39. The van der Waals surface area contributed by atoms with Crippen LogP contribution in [0.4, 0.5) is 0 Å². The van der Waals surface area contributed by atoms with Crippen molar-refractivity contribution in [1.82, 2.24) is 4.90 Å². The van der Waals surface area contributed by atoms with E-state index in [0.717, 1.165) is 15.0 Å². The van der Waals surface area contributed by atoms with Gasteiger partial charge in [0.25, 0.3) is 5.91 Å². The van der Waals surface area contributed by atoms with E-state index in [0.29, 0.717) is 13.1 Å². The average molecular weight is 247 g/mol. The first-order chi connectivity index (χ1) is 8.28. The highest BCUT2D eigenvalue weighted by Crippen LogP contribution is 2.28. The van der Waals surface area contributed by atoms with Crippen LogP contribution in [0, 0.1) is 5.92 Å². The number of fused-ring (bicyclic) bond motifs is 1. The number of amides is 1. The van der Waals surface area contributed by atoms with Crippen molar-refractivity contribution in [3.8, 4) is 0 Å². The first kappa shape index (κ1) is 10.7. The predicted molar refractivity (Wildman–Crippen MR) is 68.3 cm³/mol. The SMILES string of the molecule is O=C(c1cc2ccccc2s1)N1CC(CO)C1. The number of likely N-dealkylation sites (tertiary alicyclic amines) is 1. The highest BCUT2D eigenvalue weighted by molar-refractivity contribution is 7.20. The van der Waals surface area contributed by atoms with E-state index in [2.05, 4.69) is 0 Å². The van der Waals surface area contributed by atoms with Crippen LogP contribution >= 0.6 is 11.3 Å². The fourth-order valence-electron chi connectivity index (χ4n) is 2.09. The molecule has 1 saturated heterocycles. The number of carbonyl (C=O) groups is 1. The van der Waals surface area contributed by atoms with E-state index in [1.54, 1.807) is 4.90 Å². The van der Waals surface area contributed by atoms with E-state index in [1.165, 1.54) is 11.3 Å². The van der Waals surface area contributed by atoms with E-state index in [1.807, 2.05) is 30.3 Å². The van der Waals surface area contributed by atoms with E-state index < -0.39 is 0 Å². The van der Waals surface area contributed by atoms with Crippen molar-refractivity contribution < 1.29 is 9.90 Å². The topological polar surface area (TPSA) is 40.5 Å². The molecule has 17 heavy (non-hydrogen) atoms. The van der Waals surface area contributed by atoms with Crippen molar-refractivity contribution in [2.45, 2.75) is 0 Å². The smallest absolute Gasteiger partial charge is 0.263 e. The highest BCUT2D eigenvalue weighted by atomic mass is 32.1. The Balaban J connectivity index is 1.82. The Bertz CT molecular complexity index is 524. The second-order valence-corrected chi connectivity index (χ2v) is 5.49. The van der Waals surface area contributed by atoms with Crippen LogP contribution in [0.2, 0.25) is 0 Å². The molecule has 88 valence electrons. The van der Waals surface area contributed by atoms with Gasteiger partial charge in [-0.3, -0.25) is 4.79 Å². The fraction of sp³-hybridized carbons (Fsp3) is 0.308. The lowest BCUT2D eigenvalue weighted by atomic mass is 10.0. The summed E-state index contributed by atoms with van der Waals surface area (Å²) in [6, 6.07) is 9.97. The zero-order chi connectivity index (χ0) is 11.8. The maximum atomic E-state index is 12.1. The summed E-state index contributed by atoms with van der Waals surface area (Å²) in [6.45, 7) is 1.54. The molecule has 1 aliphatic rings. The second kappa shape index (κ2) is 4.13. The van der Waals surface area contributed by atoms with Crippen LogP contribution in [0.15, 0.2) is 30.3 Å². The van der Waals surface area contributed by atoms with Crippen molar-refractivity contribution in [3.05, 3.63) is 35.2 Å². The van der Waals surface area contributed by atoms with Crippen LogP contribution in [0.5, 0.6) is 0 Å². The quantitative estimate of drug-likeness (QED) is 0.881. The van der Waals surface area contributed by atoms with Gasteiger partial charge >= 0.3 is 0 Å². The van der Waals surface area contributed by atoms with E-state index >= 15 is 0 Å². The van der Waals surface area contributed by atoms with Crippen molar-refractivity contribution in [3.63, 3.8) is 0 Å². The third-order valence-corrected chi connectivity index (χ3v) is 4.24. The Morgan fingerprint density at radius 3 is 2.88 bits per heavy atom. The number of nitrogens with zero attached hydrogens (tertiary/aromatic N) is 1. The van der Waals surface area contributed by atoms with Gasteiger partial charge in [0.15, 0.2) is 0 Å². The molecule has 3 rings (SSSR count). The van der Waals surface area contributed by atoms with Gasteiger partial charge in [-0.25, -0.2) is 0 Å². The Morgan fingerprint density at radius 1 is 1.41 bits per heavy atom. The lowest BCUT2D eigenvalue weighted by Crippen LogP contribution is -2.51. The molecule has 0 saturated carbocycles. The van der Waals surface area contributed by atoms with Gasteiger partial charge < -0.3 is 10.0 Å². The van der Waals surface area contributed by atoms with Gasteiger partial charge in [0.05, 0.1) is 4.88 Å². The van der Waals surface area contributed by atoms with E-state index in [-0.39, 0.29) is 18.4 Å². The largest absolute Gasteiger partial charge is 0.396 e. The molecule has 3 nitrogen and oxygen atoms in total. The number of rotatable bonds is 2. The van der Waals surface area contributed by atoms with Gasteiger partial charge in [0, 0.05) is 30.3 Å². The first-order valence-corrected chi connectivity index (χ1v) is 6.48. The van der Waals surface area contributed by atoms with Crippen LogP contribution in [-0.4, -0.2) is 35.6 Å². The molecule has 1 aromatic heterocycles. The van der Waals surface area contributed by atoms with Crippen molar-refractivity contribution in [2.24, 2.45) is 5.92 Å². The molecule has 0 unspecified atom stereocenters. The summed E-state index contributed by atoms with van der Waals surface area (Å²) in [5.41, 5.74) is 0. The molecule has 2 heterocycles. The third-order valence-electron chi connectivity index (χ3n) is 3.14. The molecular weight excluding hydrogens is 234 g/mol. The van der Waals surface area contributed by atoms with Crippen LogP contribution in [-0.2, 0) is 0 Å². The van der Waals surface area contributed by atoms with Crippen molar-refractivity contribution in [1.29, 1.82) is 0 Å². The number of carbonyl (C=O) groups excluding carboxylic acids is 1. The van der Waals surface area contributed by atoms with Crippen LogP contribution in [0.1, 0.15) is 9.67 Å². The monoisotopic (exact) mass is 247 g/mol. The minimum atomic E-state index is 0.0934. The van der Waals surface area contributed by atoms with Gasteiger partial charge in [-0.15, -0.1) is 11.3 Å². The molecule has 1 aliphatic heterocycles. The standard InChI is InChI=1S/C13H13NO2S/c15-8-9-6-14(7-9)13(16)12-5-10-3-1-2-4-11(10)17-12/h1-5,9,15H,6-8H2. The maximum Gasteiger partial charge on any atom is 0.263 e. The van der Waals surface area contributed by atoms with Crippen LogP contribution in [0.25, 0.3) is 10.1 Å². The molecule has 1 fully saturated rings. The molecular formula is C13H13NO2S. The number of aliphatic hydroxyl groups excluding tert-OH is 1. The Kier molecular flexibility index (Phi) is 2.61. The van der Waals surface area contributed by atoms with E-state index in [9.17, 15) is 4.79 Å². The third kappa shape index (κ3) is 1.83. The molecule has 1 aromatic carbocycles. The molecule has 1 N–H and O–H groups in total. The van der Waals surface area contributed by atoms with Crippen LogP contribution < -0.4 is 0 Å². The summed E-state index contributed by atoms with van der Waals surface area (Å²) >= 11 is 1.54. The zero-order valence-corrected chi connectivity index (χ0v) is 10.1. The minimum Gasteiger partial charge on any atom is -0.396 e. The molecule has 0 aliphatic carbocycles. The highest BCUT2D eigenvalue weighted by Gasteiger charge is 2.31. The normalized spacial score (nSPS) is 16.2. The van der Waals surface area contributed by atoms with Gasteiger partial charge in [-0.2, -0.15) is 0 Å². The molecule has 0 atom stereocenters. The van der Waals surface area contributed by atoms with E-state index in [4.69, 9.17) is 5.11 Å². The molecule has 0 bridgehead atoms. The molecule has 0 radical (unpaired) electrons. The summed E-state index contributed by atoms with van der Waals surface area (Å²) in [7, 11) is 0. The summed E-state index contributed by atoms with van der Waals surface area (Å²) in [4.78, 5) is 14.7. The maximum absolute atomic E-state index is 12.1. The van der Waals surface area contributed by atoms with Gasteiger partial charge in [-0.1, -0.05) is 18.2 Å².